The molecule has 2 atom stereocenters. The number of hydrogen-bond donors (Lipinski definition) is 8. The fourth-order valence-corrected chi connectivity index (χ4v) is 8.32. The van der Waals surface area contributed by atoms with Crippen LogP contribution < -0.4 is 37.2 Å². The van der Waals surface area contributed by atoms with E-state index in [0.29, 0.717) is 85.0 Å². The molecule has 2 rings (SSSR count). The molecule has 36 heteroatoms. The van der Waals surface area contributed by atoms with Crippen LogP contribution in [0.2, 0.25) is 0 Å². The molecule has 0 fully saturated rings. The van der Waals surface area contributed by atoms with Crippen LogP contribution in [0.25, 0.3) is 0 Å². The van der Waals surface area contributed by atoms with Crippen molar-refractivity contribution in [1.29, 1.82) is 0 Å². The second kappa shape index (κ2) is 59.7. The first-order valence-electron chi connectivity index (χ1n) is 33.1. The number of nitroso groups, excluding NO2 is 1. The minimum atomic E-state index is -1.06. The lowest BCUT2D eigenvalue weighted by atomic mass is 10.1. The SMILES string of the molecule is O=NC(CCCCNC(=O)CCOCCOCCOCCOCCNC(=O)[C@@H](CCCCNC(=O)CCOCCOCCNC(=O)CCN1C(=O)C=CC1=O)NC(=O)CCOCCOCCNC(=O)CCN1C(=O)C=CC1=O)C(=O)NCCOCCOCCOCCOCCC(=O)O. The summed E-state index contributed by atoms with van der Waals surface area (Å²) in [6.45, 7) is 7.02. The summed E-state index contributed by atoms with van der Waals surface area (Å²) in [5.74, 6) is -5.22. The van der Waals surface area contributed by atoms with Crippen LogP contribution in [0, 0.1) is 4.91 Å². The van der Waals surface area contributed by atoms with Crippen LogP contribution in [-0.2, 0) is 114 Å². The van der Waals surface area contributed by atoms with Gasteiger partial charge in [-0.1, -0.05) is 5.18 Å². The van der Waals surface area contributed by atoms with Gasteiger partial charge in [0.15, 0.2) is 6.04 Å². The van der Waals surface area contributed by atoms with Crippen LogP contribution in [0.4, 0.5) is 0 Å². The molecule has 0 aromatic carbocycles. The van der Waals surface area contributed by atoms with Crippen molar-refractivity contribution < 1.29 is 119 Å². The van der Waals surface area contributed by atoms with Crippen LogP contribution in [0.15, 0.2) is 29.5 Å². The van der Waals surface area contributed by atoms with Gasteiger partial charge in [0.2, 0.25) is 41.4 Å². The summed E-state index contributed by atoms with van der Waals surface area (Å²) in [4.78, 5) is 157. The zero-order valence-corrected chi connectivity index (χ0v) is 56.1. The molecule has 0 spiro atoms. The summed E-state index contributed by atoms with van der Waals surface area (Å²) < 4.78 is 65.2. The molecule has 98 heavy (non-hydrogen) atoms. The first-order valence-corrected chi connectivity index (χ1v) is 33.1. The van der Waals surface area contributed by atoms with Gasteiger partial charge in [-0.3, -0.25) is 67.3 Å². The van der Waals surface area contributed by atoms with Gasteiger partial charge in [-0.2, -0.15) is 0 Å². The number of unbranched alkanes of at least 4 members (excludes halogenated alkanes) is 2. The molecule has 8 N–H and O–H groups in total. The van der Waals surface area contributed by atoms with E-state index in [0.717, 1.165) is 34.1 Å². The maximum absolute atomic E-state index is 13.3. The Labute approximate surface area is 570 Å². The molecule has 0 radical (unpaired) electrons. The number of ether oxygens (including phenoxy) is 12. The third kappa shape index (κ3) is 48.4. The lowest BCUT2D eigenvalue weighted by Crippen LogP contribution is -2.47. The first-order chi connectivity index (χ1) is 47.6. The quantitative estimate of drug-likeness (QED) is 0.0172. The van der Waals surface area contributed by atoms with Crippen LogP contribution in [0.3, 0.4) is 0 Å². The second-order valence-corrected chi connectivity index (χ2v) is 21.3. The first kappa shape index (κ1) is 86.7. The Morgan fingerprint density at radius 2 is 0.622 bits per heavy atom. The van der Waals surface area contributed by atoms with Crippen molar-refractivity contribution in [2.75, 3.05) is 211 Å². The smallest absolute Gasteiger partial charge is 0.305 e. The van der Waals surface area contributed by atoms with E-state index in [1.165, 1.54) is 0 Å². The van der Waals surface area contributed by atoms with Gasteiger partial charge >= 0.3 is 5.97 Å². The third-order valence-corrected chi connectivity index (χ3v) is 13.6. The molecule has 0 aromatic heterocycles. The van der Waals surface area contributed by atoms with E-state index in [4.69, 9.17) is 61.9 Å². The molecule has 556 valence electrons. The van der Waals surface area contributed by atoms with E-state index >= 15 is 0 Å². The number of carbonyl (C=O) groups is 12. The summed E-state index contributed by atoms with van der Waals surface area (Å²) in [5, 5.41) is 30.5. The van der Waals surface area contributed by atoms with Crippen LogP contribution in [-0.4, -0.2) is 309 Å². The number of aliphatic carboxylic acids is 1. The highest BCUT2D eigenvalue weighted by atomic mass is 16.6. The van der Waals surface area contributed by atoms with Crippen molar-refractivity contribution in [2.24, 2.45) is 5.18 Å². The molecule has 0 saturated heterocycles. The number of hydrogen-bond acceptors (Lipinski definition) is 26. The molecule has 0 aromatic rings. The zero-order valence-electron chi connectivity index (χ0n) is 56.1. The van der Waals surface area contributed by atoms with Crippen molar-refractivity contribution in [1.82, 2.24) is 47.0 Å². The summed E-state index contributed by atoms with van der Waals surface area (Å²) in [5.41, 5.74) is 0. The van der Waals surface area contributed by atoms with Crippen LogP contribution in [0.5, 0.6) is 0 Å². The number of amides is 11. The average molecular weight is 1400 g/mol. The molecule has 11 amide bonds. The van der Waals surface area contributed by atoms with Gasteiger partial charge in [-0.25, -0.2) is 0 Å². The molecule has 2 aliphatic heterocycles. The van der Waals surface area contributed by atoms with Crippen molar-refractivity contribution >= 4 is 70.9 Å². The van der Waals surface area contributed by atoms with Gasteiger partial charge in [0.05, 0.1) is 165 Å². The molecular weight excluding hydrogens is 1300 g/mol. The minimum Gasteiger partial charge on any atom is -0.481 e. The normalized spacial score (nSPS) is 13.2. The topological polar surface area (TPSA) is 456 Å². The van der Waals surface area contributed by atoms with Gasteiger partial charge in [-0.05, 0) is 38.5 Å². The third-order valence-electron chi connectivity index (χ3n) is 13.6. The number of carboxylic acids is 1. The molecular formula is C62H102N10O26. The van der Waals surface area contributed by atoms with Crippen molar-refractivity contribution in [3.63, 3.8) is 0 Å². The van der Waals surface area contributed by atoms with Crippen molar-refractivity contribution in [3.8, 4) is 0 Å². The highest BCUT2D eigenvalue weighted by Crippen LogP contribution is 2.08. The van der Waals surface area contributed by atoms with Crippen LogP contribution in [0.1, 0.15) is 77.0 Å². The van der Waals surface area contributed by atoms with Crippen molar-refractivity contribution in [3.05, 3.63) is 29.2 Å². The van der Waals surface area contributed by atoms with E-state index in [-0.39, 0.29) is 227 Å². The number of rotatable bonds is 68. The van der Waals surface area contributed by atoms with Gasteiger partial charge in [0, 0.05) is 109 Å². The van der Waals surface area contributed by atoms with Gasteiger partial charge in [0.25, 0.3) is 23.6 Å². The van der Waals surface area contributed by atoms with E-state index in [1.54, 1.807) is 0 Å². The average Bonchev–Trinajstić information content (AvgIpc) is 1.76. The fourth-order valence-electron chi connectivity index (χ4n) is 8.32. The molecule has 36 nitrogen and oxygen atoms in total. The highest BCUT2D eigenvalue weighted by Gasteiger charge is 2.26. The monoisotopic (exact) mass is 1400 g/mol. The van der Waals surface area contributed by atoms with E-state index in [9.17, 15) is 62.4 Å². The lowest BCUT2D eigenvalue weighted by Gasteiger charge is -2.19. The lowest BCUT2D eigenvalue weighted by molar-refractivity contribution is -0.139. The minimum absolute atomic E-state index is 0.0116. The highest BCUT2D eigenvalue weighted by molar-refractivity contribution is 6.13. The maximum atomic E-state index is 13.3. The summed E-state index contributed by atoms with van der Waals surface area (Å²) >= 11 is 0. The number of carbonyl (C=O) groups excluding carboxylic acids is 11. The number of nitrogens with one attached hydrogen (secondary N) is 7. The molecule has 0 bridgehead atoms. The molecule has 2 heterocycles. The van der Waals surface area contributed by atoms with Gasteiger partial charge in [0.1, 0.15) is 6.04 Å². The Balaban J connectivity index is 1.51. The van der Waals surface area contributed by atoms with Gasteiger partial charge in [-0.15, -0.1) is 4.91 Å². The summed E-state index contributed by atoms with van der Waals surface area (Å²) in [6, 6.07) is -1.95. The van der Waals surface area contributed by atoms with E-state index in [1.807, 2.05) is 0 Å². The predicted molar refractivity (Wildman–Crippen MR) is 344 cm³/mol. The maximum Gasteiger partial charge on any atom is 0.305 e. The Morgan fingerprint density at radius 1 is 0.337 bits per heavy atom. The molecule has 2 aliphatic rings. The summed E-state index contributed by atoms with van der Waals surface area (Å²) in [6.07, 6.45) is 7.19. The number of carboxylic acid groups (broad SMARTS) is 1. The Morgan fingerprint density at radius 3 is 0.980 bits per heavy atom. The number of nitrogens with zero attached hydrogens (tertiary/aromatic N) is 3. The Bertz CT molecular complexity index is 2370. The molecule has 1 unspecified atom stereocenters. The van der Waals surface area contributed by atoms with E-state index < -0.39 is 59.4 Å². The van der Waals surface area contributed by atoms with Crippen molar-refractivity contribution in [2.45, 2.75) is 89.1 Å². The number of imide groups is 2. The van der Waals surface area contributed by atoms with E-state index in [2.05, 4.69) is 42.4 Å². The second-order valence-electron chi connectivity index (χ2n) is 21.3. The zero-order chi connectivity index (χ0) is 71.3. The predicted octanol–water partition coefficient (Wildman–Crippen LogP) is -2.88. The fraction of sp³-hybridized carbons (Fsp3) is 0.742. The largest absolute Gasteiger partial charge is 0.481 e. The van der Waals surface area contributed by atoms with Gasteiger partial charge < -0.3 is 99.2 Å². The van der Waals surface area contributed by atoms with Crippen LogP contribution >= 0.6 is 0 Å². The molecule has 0 saturated carbocycles. The Hall–Kier alpha value is -7.36. The molecule has 0 aliphatic carbocycles. The standard InChI is InChI=1S/C62H102N10O26/c73-51(11-23-71-56(78)7-8-57(71)79)65-19-29-91-37-33-87-25-13-53(75)63-17-3-1-5-49(69-55(77)15-27-89-34-38-92-30-20-66-52(74)12-24-72-58(80)9-10-59(72)81)61(84)67-21-31-93-39-43-97-47-45-95-41-35-88-26-14-54(76)64-18-4-2-6-50(70-86)62(85)68-22-32-94-40-44-98-48-46-96-42-36-90-28-16-60(82)83/h7-10,49-50H,1-6,11-48H2,(H,63,75)(H,64,76)(H,65,73)(H,66,74)(H,67,84)(H,68,85)(H,69,77)(H,82,83)/t49-,50?/m1/s1. The summed E-state index contributed by atoms with van der Waals surface area (Å²) in [7, 11) is 0. The Kier molecular flexibility index (Phi) is 52.8.